The summed E-state index contributed by atoms with van der Waals surface area (Å²) >= 11 is 0. The van der Waals surface area contributed by atoms with Gasteiger partial charge in [-0.15, -0.1) is 10.2 Å². The highest BCUT2D eigenvalue weighted by atomic mass is 19.4. The van der Waals surface area contributed by atoms with Gasteiger partial charge in [0, 0.05) is 24.4 Å². The van der Waals surface area contributed by atoms with Crippen LogP contribution in [0, 0.1) is 5.92 Å². The molecule has 0 bridgehead atoms. The normalized spacial score (nSPS) is 33.8. The summed E-state index contributed by atoms with van der Waals surface area (Å²) < 4.78 is 40.7. The van der Waals surface area contributed by atoms with Gasteiger partial charge in [0.15, 0.2) is 0 Å². The smallest absolute Gasteiger partial charge is 0.327 e. The molecule has 118 valence electrons. The van der Waals surface area contributed by atoms with E-state index in [9.17, 15) is 13.2 Å². The Kier molecular flexibility index (Phi) is 3.50. The van der Waals surface area contributed by atoms with E-state index in [1.165, 1.54) is 0 Å². The summed E-state index contributed by atoms with van der Waals surface area (Å²) in [6, 6.07) is -0.0641. The van der Waals surface area contributed by atoms with Crippen LogP contribution in [0.1, 0.15) is 50.7 Å². The van der Waals surface area contributed by atoms with Crippen molar-refractivity contribution in [3.8, 4) is 0 Å². The Hall–Kier alpha value is -1.11. The van der Waals surface area contributed by atoms with Crippen LogP contribution in [0.25, 0.3) is 0 Å². The molecule has 3 atom stereocenters. The zero-order valence-corrected chi connectivity index (χ0v) is 12.2. The number of hydrogen-bond acceptors (Lipinski definition) is 3. The molecule has 1 saturated carbocycles. The number of rotatable bonds is 1. The molecular formula is C14H21F3N4. The molecule has 0 saturated heterocycles. The third-order valence-corrected chi connectivity index (χ3v) is 5.20. The molecule has 1 aromatic rings. The third-order valence-electron chi connectivity index (χ3n) is 5.20. The van der Waals surface area contributed by atoms with Gasteiger partial charge in [0.2, 0.25) is 0 Å². The lowest BCUT2D eigenvalue weighted by Crippen LogP contribution is -2.48. The molecule has 1 aliphatic carbocycles. The highest BCUT2D eigenvalue weighted by Gasteiger charge is 2.45. The SMILES string of the molecule is CC1(c2nnc3n2CC(C(F)(F)F)CC3)CCCCC1N. The molecular weight excluding hydrogens is 281 g/mol. The lowest BCUT2D eigenvalue weighted by atomic mass is 9.71. The molecule has 1 aromatic heterocycles. The fraction of sp³-hybridized carbons (Fsp3) is 0.857. The van der Waals surface area contributed by atoms with E-state index in [1.54, 1.807) is 4.57 Å². The Bertz CT molecular complexity index is 525. The van der Waals surface area contributed by atoms with Crippen molar-refractivity contribution in [3.63, 3.8) is 0 Å². The van der Waals surface area contributed by atoms with Crippen LogP contribution in [0.2, 0.25) is 0 Å². The molecule has 3 unspecified atom stereocenters. The molecule has 0 amide bonds. The summed E-state index contributed by atoms with van der Waals surface area (Å²) in [4.78, 5) is 0. The van der Waals surface area contributed by atoms with Gasteiger partial charge in [-0.05, 0) is 19.3 Å². The van der Waals surface area contributed by atoms with E-state index in [1.807, 2.05) is 6.92 Å². The first-order valence-corrected chi connectivity index (χ1v) is 7.57. The fourth-order valence-corrected chi connectivity index (χ4v) is 3.65. The van der Waals surface area contributed by atoms with E-state index >= 15 is 0 Å². The van der Waals surface area contributed by atoms with Crippen molar-refractivity contribution >= 4 is 0 Å². The molecule has 4 nitrogen and oxygen atoms in total. The maximum atomic E-state index is 13.0. The van der Waals surface area contributed by atoms with Crippen LogP contribution in [-0.2, 0) is 18.4 Å². The first-order valence-electron chi connectivity index (χ1n) is 7.57. The predicted octanol–water partition coefficient (Wildman–Crippen LogP) is 2.56. The number of hydrogen-bond donors (Lipinski definition) is 1. The number of aromatic nitrogens is 3. The Morgan fingerprint density at radius 1 is 1.24 bits per heavy atom. The molecule has 3 rings (SSSR count). The van der Waals surface area contributed by atoms with Crippen LogP contribution in [-0.4, -0.2) is 27.0 Å². The molecule has 0 aromatic carbocycles. The van der Waals surface area contributed by atoms with E-state index in [0.29, 0.717) is 18.1 Å². The first-order chi connectivity index (χ1) is 9.82. The fourth-order valence-electron chi connectivity index (χ4n) is 3.65. The maximum absolute atomic E-state index is 13.0. The van der Waals surface area contributed by atoms with Crippen molar-refractivity contribution in [3.05, 3.63) is 11.6 Å². The van der Waals surface area contributed by atoms with E-state index in [2.05, 4.69) is 10.2 Å². The minimum atomic E-state index is -4.16. The topological polar surface area (TPSA) is 56.7 Å². The highest BCUT2D eigenvalue weighted by Crippen LogP contribution is 2.40. The van der Waals surface area contributed by atoms with Gasteiger partial charge in [0.25, 0.3) is 0 Å². The molecule has 0 radical (unpaired) electrons. The average Bonchev–Trinajstić information content (AvgIpc) is 2.84. The largest absolute Gasteiger partial charge is 0.393 e. The van der Waals surface area contributed by atoms with Crippen molar-refractivity contribution in [1.82, 2.24) is 14.8 Å². The van der Waals surface area contributed by atoms with E-state index in [0.717, 1.165) is 25.7 Å². The molecule has 2 N–H and O–H groups in total. The number of aryl methyl sites for hydroxylation is 1. The van der Waals surface area contributed by atoms with Crippen LogP contribution in [0.5, 0.6) is 0 Å². The standard InChI is InChI=1S/C14H21F3N4/c1-13(7-3-2-4-10(13)18)12-20-19-11-6-5-9(8-21(11)12)14(15,16)17/h9-10H,2-8,18H2,1H3. The van der Waals surface area contributed by atoms with Crippen molar-refractivity contribution in [1.29, 1.82) is 0 Å². The van der Waals surface area contributed by atoms with Crippen LogP contribution in [0.15, 0.2) is 0 Å². The minimum absolute atomic E-state index is 0.0641. The molecule has 1 aliphatic heterocycles. The van der Waals surface area contributed by atoms with E-state index in [4.69, 9.17) is 5.73 Å². The zero-order chi connectivity index (χ0) is 15.3. The summed E-state index contributed by atoms with van der Waals surface area (Å²) in [6.45, 7) is 1.95. The highest BCUT2D eigenvalue weighted by molar-refractivity contribution is 5.16. The van der Waals surface area contributed by atoms with Gasteiger partial charge < -0.3 is 10.3 Å². The second-order valence-corrected chi connectivity index (χ2v) is 6.60. The van der Waals surface area contributed by atoms with Crippen molar-refractivity contribution in [2.24, 2.45) is 11.7 Å². The van der Waals surface area contributed by atoms with Gasteiger partial charge in [0.05, 0.1) is 5.92 Å². The second-order valence-electron chi connectivity index (χ2n) is 6.60. The Morgan fingerprint density at radius 2 is 2.00 bits per heavy atom. The van der Waals surface area contributed by atoms with Gasteiger partial charge in [0.1, 0.15) is 11.6 Å². The molecule has 7 heteroatoms. The molecule has 0 spiro atoms. The average molecular weight is 302 g/mol. The lowest BCUT2D eigenvalue weighted by Gasteiger charge is -2.39. The zero-order valence-electron chi connectivity index (χ0n) is 12.2. The van der Waals surface area contributed by atoms with Gasteiger partial charge in [-0.1, -0.05) is 19.8 Å². The summed E-state index contributed by atoms with van der Waals surface area (Å²) in [5, 5.41) is 8.34. The van der Waals surface area contributed by atoms with Crippen molar-refractivity contribution in [2.45, 2.75) is 69.6 Å². The van der Waals surface area contributed by atoms with E-state index in [-0.39, 0.29) is 24.4 Å². The molecule has 1 fully saturated rings. The maximum Gasteiger partial charge on any atom is 0.393 e. The summed E-state index contributed by atoms with van der Waals surface area (Å²) in [5.74, 6) is 0.0197. The summed E-state index contributed by atoms with van der Waals surface area (Å²) in [6.07, 6.45) is 0.143. The van der Waals surface area contributed by atoms with Crippen LogP contribution in [0.4, 0.5) is 13.2 Å². The Balaban J connectivity index is 1.94. The third kappa shape index (κ3) is 2.45. The summed E-state index contributed by atoms with van der Waals surface area (Å²) in [7, 11) is 0. The van der Waals surface area contributed by atoms with Gasteiger partial charge in [-0.25, -0.2) is 0 Å². The second kappa shape index (κ2) is 4.97. The van der Waals surface area contributed by atoms with Crippen LogP contribution >= 0.6 is 0 Å². The van der Waals surface area contributed by atoms with Crippen molar-refractivity contribution in [2.75, 3.05) is 0 Å². The number of halogens is 3. The van der Waals surface area contributed by atoms with Crippen LogP contribution in [0.3, 0.4) is 0 Å². The number of fused-ring (bicyclic) bond motifs is 1. The van der Waals surface area contributed by atoms with Gasteiger partial charge >= 0.3 is 6.18 Å². The quantitative estimate of drug-likeness (QED) is 0.867. The molecule has 2 heterocycles. The Labute approximate surface area is 121 Å². The molecule has 2 aliphatic rings. The van der Waals surface area contributed by atoms with Gasteiger partial charge in [-0.3, -0.25) is 0 Å². The minimum Gasteiger partial charge on any atom is -0.327 e. The lowest BCUT2D eigenvalue weighted by molar-refractivity contribution is -0.182. The van der Waals surface area contributed by atoms with Gasteiger partial charge in [-0.2, -0.15) is 13.2 Å². The first kappa shape index (κ1) is 14.8. The number of alkyl halides is 3. The molecule has 21 heavy (non-hydrogen) atoms. The van der Waals surface area contributed by atoms with Crippen LogP contribution < -0.4 is 5.73 Å². The predicted molar refractivity (Wildman–Crippen MR) is 71.7 cm³/mol. The monoisotopic (exact) mass is 302 g/mol. The van der Waals surface area contributed by atoms with E-state index < -0.39 is 12.1 Å². The summed E-state index contributed by atoms with van der Waals surface area (Å²) in [5.41, 5.74) is 5.89. The Morgan fingerprint density at radius 3 is 2.67 bits per heavy atom. The number of nitrogens with zero attached hydrogens (tertiary/aromatic N) is 3. The van der Waals surface area contributed by atoms with Crippen molar-refractivity contribution < 1.29 is 13.2 Å². The number of nitrogens with two attached hydrogens (primary N) is 1.